The lowest BCUT2D eigenvalue weighted by atomic mass is 10.0. The van der Waals surface area contributed by atoms with Gasteiger partial charge in [0.25, 0.3) is 0 Å². The number of nitrogens with zero attached hydrogens (tertiary/aromatic N) is 1. The van der Waals surface area contributed by atoms with Crippen LogP contribution in [0.25, 0.3) is 22.4 Å². The molecule has 3 rings (SSSR count). The second-order valence-corrected chi connectivity index (χ2v) is 10.3. The van der Waals surface area contributed by atoms with Crippen molar-refractivity contribution in [1.82, 2.24) is 4.98 Å². The van der Waals surface area contributed by atoms with Gasteiger partial charge in [0.15, 0.2) is 11.5 Å². The average molecular weight is 532 g/mol. The summed E-state index contributed by atoms with van der Waals surface area (Å²) < 4.78 is 19.1. The Kier molecular flexibility index (Phi) is 14.3. The van der Waals surface area contributed by atoms with Crippen LogP contribution >= 0.6 is 0 Å². The van der Waals surface area contributed by atoms with Crippen molar-refractivity contribution in [2.24, 2.45) is 0 Å². The molecule has 0 amide bonds. The molecule has 3 aromatic rings. The summed E-state index contributed by atoms with van der Waals surface area (Å²) in [5, 5.41) is 0. The molecule has 0 spiro atoms. The lowest BCUT2D eigenvalue weighted by Gasteiger charge is -2.19. The van der Waals surface area contributed by atoms with Gasteiger partial charge in [-0.2, -0.15) is 0 Å². The molecule has 0 saturated carbocycles. The molecule has 1 aromatic heterocycles. The Balaban J connectivity index is 1.87. The van der Waals surface area contributed by atoms with Gasteiger partial charge >= 0.3 is 0 Å². The Morgan fingerprint density at radius 3 is 1.54 bits per heavy atom. The molecule has 2 aromatic carbocycles. The molecule has 39 heavy (non-hydrogen) atoms. The number of benzene rings is 2. The number of ether oxygens (including phenoxy) is 3. The van der Waals surface area contributed by atoms with Gasteiger partial charge in [0.1, 0.15) is 0 Å². The lowest BCUT2D eigenvalue weighted by molar-refractivity contribution is 0.234. The van der Waals surface area contributed by atoms with E-state index in [4.69, 9.17) is 19.2 Å². The van der Waals surface area contributed by atoms with E-state index in [1.807, 2.05) is 24.4 Å². The van der Waals surface area contributed by atoms with Crippen LogP contribution in [0.1, 0.15) is 97.8 Å². The van der Waals surface area contributed by atoms with Crippen molar-refractivity contribution in [2.75, 3.05) is 19.8 Å². The SMILES string of the molecule is CCCCCCOc1cc(-c2ccc(-c3ccccc3)nc2)cc(OCCCCCC)c1OCCCCCC. The van der Waals surface area contributed by atoms with E-state index in [2.05, 4.69) is 57.2 Å². The van der Waals surface area contributed by atoms with Gasteiger partial charge in [0.2, 0.25) is 5.75 Å². The zero-order chi connectivity index (χ0) is 27.5. The highest BCUT2D eigenvalue weighted by molar-refractivity contribution is 5.72. The fourth-order valence-corrected chi connectivity index (χ4v) is 4.57. The van der Waals surface area contributed by atoms with E-state index in [9.17, 15) is 0 Å². The molecular weight excluding hydrogens is 482 g/mol. The van der Waals surface area contributed by atoms with E-state index >= 15 is 0 Å². The summed E-state index contributed by atoms with van der Waals surface area (Å²) in [6, 6.07) is 18.7. The van der Waals surface area contributed by atoms with Gasteiger partial charge in [-0.1, -0.05) is 115 Å². The molecule has 0 atom stereocenters. The number of hydrogen-bond acceptors (Lipinski definition) is 4. The topological polar surface area (TPSA) is 40.6 Å². The molecule has 4 nitrogen and oxygen atoms in total. The third kappa shape index (κ3) is 10.6. The van der Waals surface area contributed by atoms with Crippen LogP contribution in [0.4, 0.5) is 0 Å². The molecule has 0 N–H and O–H groups in total. The minimum Gasteiger partial charge on any atom is -0.490 e. The van der Waals surface area contributed by atoms with Crippen LogP contribution < -0.4 is 14.2 Å². The fourth-order valence-electron chi connectivity index (χ4n) is 4.57. The lowest BCUT2D eigenvalue weighted by Crippen LogP contribution is -2.06. The summed E-state index contributed by atoms with van der Waals surface area (Å²) >= 11 is 0. The quantitative estimate of drug-likeness (QED) is 0.136. The summed E-state index contributed by atoms with van der Waals surface area (Å²) in [5.74, 6) is 2.29. The highest BCUT2D eigenvalue weighted by Crippen LogP contribution is 2.42. The minimum atomic E-state index is 0.672. The van der Waals surface area contributed by atoms with Crippen LogP contribution in [-0.4, -0.2) is 24.8 Å². The highest BCUT2D eigenvalue weighted by Gasteiger charge is 2.17. The number of rotatable bonds is 20. The first-order valence-electron chi connectivity index (χ1n) is 15.3. The molecule has 4 heteroatoms. The first kappa shape index (κ1) is 30.5. The molecule has 0 saturated heterocycles. The number of pyridine rings is 1. The number of unbranched alkanes of at least 4 members (excludes halogenated alkanes) is 9. The Labute approximate surface area is 237 Å². The predicted molar refractivity (Wildman–Crippen MR) is 164 cm³/mol. The molecule has 1 heterocycles. The van der Waals surface area contributed by atoms with Crippen LogP contribution in [0.2, 0.25) is 0 Å². The second-order valence-electron chi connectivity index (χ2n) is 10.3. The van der Waals surface area contributed by atoms with Crippen LogP contribution in [-0.2, 0) is 0 Å². The molecule has 0 aliphatic heterocycles. The smallest absolute Gasteiger partial charge is 0.203 e. The van der Waals surface area contributed by atoms with Gasteiger partial charge in [0.05, 0.1) is 25.5 Å². The van der Waals surface area contributed by atoms with E-state index in [1.54, 1.807) is 0 Å². The molecule has 0 bridgehead atoms. The Bertz CT molecular complexity index is 1010. The zero-order valence-corrected chi connectivity index (χ0v) is 24.6. The Morgan fingerprint density at radius 1 is 0.513 bits per heavy atom. The number of aromatic nitrogens is 1. The van der Waals surface area contributed by atoms with Crippen molar-refractivity contribution in [2.45, 2.75) is 97.8 Å². The predicted octanol–water partition coefficient (Wildman–Crippen LogP) is 10.3. The summed E-state index contributed by atoms with van der Waals surface area (Å²) in [6.45, 7) is 8.72. The number of hydrogen-bond donors (Lipinski definition) is 0. The zero-order valence-electron chi connectivity index (χ0n) is 24.6. The van der Waals surface area contributed by atoms with Crippen LogP contribution in [0.3, 0.4) is 0 Å². The molecule has 0 unspecified atom stereocenters. The van der Waals surface area contributed by atoms with Gasteiger partial charge in [-0.3, -0.25) is 4.98 Å². The molecule has 212 valence electrons. The third-order valence-electron chi connectivity index (χ3n) is 6.94. The van der Waals surface area contributed by atoms with Crippen molar-refractivity contribution < 1.29 is 14.2 Å². The second kappa shape index (κ2) is 18.3. The van der Waals surface area contributed by atoms with Gasteiger partial charge in [0, 0.05) is 17.3 Å². The minimum absolute atomic E-state index is 0.672. The average Bonchev–Trinajstić information content (AvgIpc) is 2.98. The van der Waals surface area contributed by atoms with Gasteiger partial charge in [-0.25, -0.2) is 0 Å². The monoisotopic (exact) mass is 531 g/mol. The van der Waals surface area contributed by atoms with Crippen LogP contribution in [0.5, 0.6) is 17.2 Å². The van der Waals surface area contributed by atoms with E-state index < -0.39 is 0 Å². The maximum absolute atomic E-state index is 6.38. The first-order chi connectivity index (χ1) is 19.3. The maximum atomic E-state index is 6.38. The Hall–Kier alpha value is -3.01. The molecule has 0 radical (unpaired) electrons. The molecule has 0 fully saturated rings. The summed E-state index contributed by atoms with van der Waals surface area (Å²) in [5.41, 5.74) is 4.15. The Morgan fingerprint density at radius 2 is 1.05 bits per heavy atom. The van der Waals surface area contributed by atoms with Crippen molar-refractivity contribution in [1.29, 1.82) is 0 Å². The van der Waals surface area contributed by atoms with Crippen LogP contribution in [0, 0.1) is 0 Å². The van der Waals surface area contributed by atoms with Gasteiger partial charge in [-0.05, 0) is 43.0 Å². The first-order valence-corrected chi connectivity index (χ1v) is 15.3. The summed E-state index contributed by atoms with van der Waals surface area (Å²) in [7, 11) is 0. The van der Waals surface area contributed by atoms with Crippen molar-refractivity contribution in [3.8, 4) is 39.6 Å². The van der Waals surface area contributed by atoms with Crippen molar-refractivity contribution in [3.63, 3.8) is 0 Å². The van der Waals surface area contributed by atoms with Gasteiger partial charge < -0.3 is 14.2 Å². The third-order valence-corrected chi connectivity index (χ3v) is 6.94. The molecular formula is C35H49NO3. The van der Waals surface area contributed by atoms with Crippen LogP contribution in [0.15, 0.2) is 60.8 Å². The summed E-state index contributed by atoms with van der Waals surface area (Å²) in [6.07, 6.45) is 15.9. The van der Waals surface area contributed by atoms with Gasteiger partial charge in [-0.15, -0.1) is 0 Å². The van der Waals surface area contributed by atoms with Crippen molar-refractivity contribution >= 4 is 0 Å². The van der Waals surface area contributed by atoms with E-state index in [1.165, 1.54) is 57.8 Å². The standard InChI is InChI=1S/C35H49NO3/c1-4-7-10-16-23-37-33-26-31(30-21-22-32(36-28-30)29-19-14-13-15-20-29)27-34(38-24-17-11-8-5-2)35(33)39-25-18-12-9-6-3/h13-15,19-22,26-28H,4-12,16-18,23-25H2,1-3H3. The largest absolute Gasteiger partial charge is 0.490 e. The van der Waals surface area contributed by atoms with E-state index in [-0.39, 0.29) is 0 Å². The molecule has 0 aliphatic rings. The normalized spacial score (nSPS) is 10.9. The summed E-state index contributed by atoms with van der Waals surface area (Å²) in [4.78, 5) is 4.76. The maximum Gasteiger partial charge on any atom is 0.203 e. The molecule has 0 aliphatic carbocycles. The van der Waals surface area contributed by atoms with Crippen molar-refractivity contribution in [3.05, 3.63) is 60.8 Å². The fraction of sp³-hybridized carbons (Fsp3) is 0.514. The van der Waals surface area contributed by atoms with E-state index in [0.29, 0.717) is 19.8 Å². The van der Waals surface area contributed by atoms with E-state index in [0.717, 1.165) is 58.9 Å². The highest BCUT2D eigenvalue weighted by atomic mass is 16.5.